The van der Waals surface area contributed by atoms with Crippen LogP contribution in [0.1, 0.15) is 79.2 Å². The highest BCUT2D eigenvalue weighted by atomic mass is 32.1. The standard InChI is InChI=1S/C24H29NOS/c1-24(19-7-4-8-19)14-13-21-20(15-24)25-23(27-21)18-11-9-17(10-12-18)22(26)16-5-2-3-6-16/h9-12,16,19H,2-8,13-15H2,1H3. The van der Waals surface area contributed by atoms with Gasteiger partial charge in [0.05, 0.1) is 5.69 Å². The van der Waals surface area contributed by atoms with Gasteiger partial charge in [-0.05, 0) is 56.3 Å². The van der Waals surface area contributed by atoms with Crippen molar-refractivity contribution in [3.8, 4) is 10.6 Å². The molecule has 0 N–H and O–H groups in total. The Balaban J connectivity index is 1.34. The minimum absolute atomic E-state index is 0.257. The second kappa shape index (κ2) is 6.84. The van der Waals surface area contributed by atoms with E-state index >= 15 is 0 Å². The first kappa shape index (κ1) is 17.6. The molecule has 0 spiro atoms. The zero-order chi connectivity index (χ0) is 18.4. The molecule has 2 fully saturated rings. The fourth-order valence-corrected chi connectivity index (χ4v) is 6.45. The number of hydrogen-bond donors (Lipinski definition) is 0. The molecule has 0 radical (unpaired) electrons. The number of carbonyl (C=O) groups excluding carboxylic acids is 1. The molecule has 3 heteroatoms. The quantitative estimate of drug-likeness (QED) is 0.569. The van der Waals surface area contributed by atoms with Gasteiger partial charge in [0.2, 0.25) is 0 Å². The molecular weight excluding hydrogens is 350 g/mol. The molecule has 1 aromatic carbocycles. The number of benzene rings is 1. The third-order valence-electron chi connectivity index (χ3n) is 7.51. The Labute approximate surface area is 166 Å². The predicted molar refractivity (Wildman–Crippen MR) is 111 cm³/mol. The zero-order valence-electron chi connectivity index (χ0n) is 16.3. The van der Waals surface area contributed by atoms with Crippen molar-refractivity contribution in [2.45, 2.75) is 71.1 Å². The number of ketones is 1. The first-order valence-electron chi connectivity index (χ1n) is 10.8. The molecule has 0 saturated heterocycles. The van der Waals surface area contributed by atoms with Crippen molar-refractivity contribution in [2.75, 3.05) is 0 Å². The van der Waals surface area contributed by atoms with Crippen LogP contribution in [0, 0.1) is 17.3 Å². The van der Waals surface area contributed by atoms with E-state index < -0.39 is 0 Å². The molecule has 3 aliphatic carbocycles. The van der Waals surface area contributed by atoms with E-state index in [4.69, 9.17) is 4.98 Å². The topological polar surface area (TPSA) is 30.0 Å². The first-order chi connectivity index (χ1) is 13.1. The molecule has 2 nitrogen and oxygen atoms in total. The Morgan fingerprint density at radius 3 is 2.48 bits per heavy atom. The molecule has 3 aliphatic rings. The van der Waals surface area contributed by atoms with Gasteiger partial charge >= 0.3 is 0 Å². The molecule has 27 heavy (non-hydrogen) atoms. The number of Topliss-reactive ketones (excluding diaryl/α,β-unsaturated/α-hetero) is 1. The fraction of sp³-hybridized carbons (Fsp3) is 0.583. The molecule has 142 valence electrons. The van der Waals surface area contributed by atoms with Gasteiger partial charge < -0.3 is 0 Å². The van der Waals surface area contributed by atoms with E-state index in [1.54, 1.807) is 0 Å². The molecule has 0 bridgehead atoms. The van der Waals surface area contributed by atoms with Crippen LogP contribution >= 0.6 is 11.3 Å². The number of aromatic nitrogens is 1. The van der Waals surface area contributed by atoms with Gasteiger partial charge in [0.15, 0.2) is 5.78 Å². The van der Waals surface area contributed by atoms with E-state index in [1.165, 1.54) is 61.1 Å². The van der Waals surface area contributed by atoms with Crippen molar-refractivity contribution in [1.29, 1.82) is 0 Å². The highest BCUT2D eigenvalue weighted by Crippen LogP contribution is 2.50. The second-order valence-electron chi connectivity index (χ2n) is 9.27. The van der Waals surface area contributed by atoms with Gasteiger partial charge in [-0.15, -0.1) is 11.3 Å². The van der Waals surface area contributed by atoms with E-state index in [2.05, 4.69) is 19.1 Å². The Morgan fingerprint density at radius 2 is 1.81 bits per heavy atom. The summed E-state index contributed by atoms with van der Waals surface area (Å²) in [6.07, 6.45) is 12.5. The molecule has 1 heterocycles. The van der Waals surface area contributed by atoms with Crippen LogP contribution in [-0.2, 0) is 12.8 Å². The average molecular weight is 380 g/mol. The number of aryl methyl sites for hydroxylation is 1. The third kappa shape index (κ3) is 3.18. The van der Waals surface area contributed by atoms with Crippen molar-refractivity contribution >= 4 is 17.1 Å². The summed E-state index contributed by atoms with van der Waals surface area (Å²) < 4.78 is 0. The fourth-order valence-electron chi connectivity index (χ4n) is 5.36. The highest BCUT2D eigenvalue weighted by Gasteiger charge is 2.41. The monoisotopic (exact) mass is 379 g/mol. The maximum Gasteiger partial charge on any atom is 0.165 e. The van der Waals surface area contributed by atoms with Crippen LogP contribution in [0.25, 0.3) is 10.6 Å². The van der Waals surface area contributed by atoms with Crippen LogP contribution in [0.3, 0.4) is 0 Å². The molecule has 2 aromatic rings. The predicted octanol–water partition coefficient (Wildman–Crippen LogP) is 6.48. The van der Waals surface area contributed by atoms with Crippen LogP contribution in [0.2, 0.25) is 0 Å². The maximum atomic E-state index is 12.6. The summed E-state index contributed by atoms with van der Waals surface area (Å²) in [6, 6.07) is 8.26. The largest absolute Gasteiger partial charge is 0.294 e. The summed E-state index contributed by atoms with van der Waals surface area (Å²) in [6.45, 7) is 2.49. The summed E-state index contributed by atoms with van der Waals surface area (Å²) in [5.41, 5.74) is 3.86. The van der Waals surface area contributed by atoms with Gasteiger partial charge in [-0.2, -0.15) is 0 Å². The highest BCUT2D eigenvalue weighted by molar-refractivity contribution is 7.15. The molecule has 1 atom stereocenters. The molecule has 0 aliphatic heterocycles. The smallest absolute Gasteiger partial charge is 0.165 e. The summed E-state index contributed by atoms with van der Waals surface area (Å²) in [5, 5.41) is 1.14. The van der Waals surface area contributed by atoms with Gasteiger partial charge in [-0.25, -0.2) is 4.98 Å². The second-order valence-corrected chi connectivity index (χ2v) is 10.4. The van der Waals surface area contributed by atoms with Crippen LogP contribution in [0.15, 0.2) is 24.3 Å². The summed E-state index contributed by atoms with van der Waals surface area (Å²) in [5.74, 6) is 1.51. The zero-order valence-corrected chi connectivity index (χ0v) is 17.1. The molecule has 5 rings (SSSR count). The summed E-state index contributed by atoms with van der Waals surface area (Å²) >= 11 is 1.87. The molecule has 1 unspecified atom stereocenters. The Kier molecular flexibility index (Phi) is 4.46. The normalized spacial score (nSPS) is 26.0. The molecule has 2 saturated carbocycles. The lowest BCUT2D eigenvalue weighted by Gasteiger charge is -2.45. The third-order valence-corrected chi connectivity index (χ3v) is 8.71. The SMILES string of the molecule is CC1(C2CCC2)CCc2sc(-c3ccc(C(=O)C4CCCC4)cc3)nc2C1. The van der Waals surface area contributed by atoms with E-state index in [0.717, 1.165) is 35.8 Å². The van der Waals surface area contributed by atoms with Gasteiger partial charge in [0, 0.05) is 21.9 Å². The van der Waals surface area contributed by atoms with Crippen LogP contribution < -0.4 is 0 Å². The minimum atomic E-state index is 0.257. The lowest BCUT2D eigenvalue weighted by Crippen LogP contribution is -2.37. The number of hydrogen-bond acceptors (Lipinski definition) is 3. The lowest BCUT2D eigenvalue weighted by atomic mass is 9.60. The van der Waals surface area contributed by atoms with Gasteiger partial charge in [0.25, 0.3) is 0 Å². The Bertz CT molecular complexity index is 842. The number of fused-ring (bicyclic) bond motifs is 1. The lowest BCUT2D eigenvalue weighted by molar-refractivity contribution is 0.0846. The number of thiazole rings is 1. The van der Waals surface area contributed by atoms with Gasteiger partial charge in [-0.3, -0.25) is 4.79 Å². The van der Waals surface area contributed by atoms with Crippen molar-refractivity contribution in [3.63, 3.8) is 0 Å². The Hall–Kier alpha value is -1.48. The van der Waals surface area contributed by atoms with Crippen molar-refractivity contribution in [2.24, 2.45) is 17.3 Å². The van der Waals surface area contributed by atoms with Crippen LogP contribution in [-0.4, -0.2) is 10.8 Å². The van der Waals surface area contributed by atoms with E-state index in [0.29, 0.717) is 11.2 Å². The molecular formula is C24H29NOS. The molecule has 0 amide bonds. The number of carbonyl (C=O) groups is 1. The first-order valence-corrected chi connectivity index (χ1v) is 11.6. The summed E-state index contributed by atoms with van der Waals surface area (Å²) in [7, 11) is 0. The Morgan fingerprint density at radius 1 is 1.07 bits per heavy atom. The van der Waals surface area contributed by atoms with Gasteiger partial charge in [0.1, 0.15) is 5.01 Å². The maximum absolute atomic E-state index is 12.6. The number of rotatable bonds is 4. The van der Waals surface area contributed by atoms with Gasteiger partial charge in [-0.1, -0.05) is 50.5 Å². The van der Waals surface area contributed by atoms with E-state index in [-0.39, 0.29) is 5.92 Å². The van der Waals surface area contributed by atoms with E-state index in [1.807, 2.05) is 23.5 Å². The van der Waals surface area contributed by atoms with Crippen LogP contribution in [0.5, 0.6) is 0 Å². The van der Waals surface area contributed by atoms with Crippen LogP contribution in [0.4, 0.5) is 0 Å². The van der Waals surface area contributed by atoms with Crippen molar-refractivity contribution in [1.82, 2.24) is 4.98 Å². The minimum Gasteiger partial charge on any atom is -0.294 e. The number of nitrogens with zero attached hydrogens (tertiary/aromatic N) is 1. The van der Waals surface area contributed by atoms with E-state index in [9.17, 15) is 4.79 Å². The summed E-state index contributed by atoms with van der Waals surface area (Å²) in [4.78, 5) is 19.1. The molecule has 1 aromatic heterocycles. The van der Waals surface area contributed by atoms with Crippen molar-refractivity contribution in [3.05, 3.63) is 40.4 Å². The van der Waals surface area contributed by atoms with Crippen molar-refractivity contribution < 1.29 is 4.79 Å². The average Bonchev–Trinajstić information content (AvgIpc) is 3.28.